The zero-order valence-corrected chi connectivity index (χ0v) is 12.4. The fourth-order valence-electron chi connectivity index (χ4n) is 2.27. The van der Waals surface area contributed by atoms with Crippen LogP contribution in [0.25, 0.3) is 22.5 Å². The predicted octanol–water partition coefficient (Wildman–Crippen LogP) is 2.22. The highest BCUT2D eigenvalue weighted by atomic mass is 16.5. The predicted molar refractivity (Wildman–Crippen MR) is 83.2 cm³/mol. The Morgan fingerprint density at radius 1 is 1.23 bits per heavy atom. The molecule has 7 heteroatoms. The second-order valence-electron chi connectivity index (χ2n) is 4.82. The first-order valence-electron chi connectivity index (χ1n) is 6.92. The normalized spacial score (nSPS) is 10.6. The van der Waals surface area contributed by atoms with Crippen LogP contribution in [-0.4, -0.2) is 32.2 Å². The molecule has 0 aliphatic heterocycles. The Morgan fingerprint density at radius 2 is 2.09 bits per heavy atom. The molecule has 0 aliphatic rings. The van der Waals surface area contributed by atoms with Gasteiger partial charge in [0.15, 0.2) is 0 Å². The Morgan fingerprint density at radius 3 is 2.77 bits per heavy atom. The van der Waals surface area contributed by atoms with Crippen molar-refractivity contribution in [3.8, 4) is 28.4 Å². The molecule has 0 spiro atoms. The Labute approximate surface area is 127 Å². The lowest BCUT2D eigenvalue weighted by atomic mass is 9.99. The number of nitrogens with two attached hydrogens (primary N) is 1. The zero-order valence-electron chi connectivity index (χ0n) is 12.4. The minimum atomic E-state index is 0.494. The molecular weight excluding hydrogens is 280 g/mol. The maximum Gasteiger partial charge on any atom is 0.216 e. The molecule has 0 atom stereocenters. The fraction of sp³-hybridized carbons (Fsp3) is 0.200. The maximum absolute atomic E-state index is 5.88. The van der Waals surface area contributed by atoms with E-state index >= 15 is 0 Å². The van der Waals surface area contributed by atoms with Gasteiger partial charge in [0.2, 0.25) is 11.7 Å². The van der Waals surface area contributed by atoms with Gasteiger partial charge in [-0.05, 0) is 42.8 Å². The van der Waals surface area contributed by atoms with Gasteiger partial charge in [-0.25, -0.2) is 4.98 Å². The summed E-state index contributed by atoms with van der Waals surface area (Å²) in [6.45, 7) is 4.49. The SMILES string of the molecule is CCOc1ncc(-c2ccc(N)cc2-c2nn[nH]n2)cc1C. The second-order valence-corrected chi connectivity index (χ2v) is 4.82. The summed E-state index contributed by atoms with van der Waals surface area (Å²) < 4.78 is 5.48. The van der Waals surface area contributed by atoms with Crippen molar-refractivity contribution in [2.75, 3.05) is 12.3 Å². The highest BCUT2D eigenvalue weighted by Crippen LogP contribution is 2.32. The third-order valence-electron chi connectivity index (χ3n) is 3.25. The summed E-state index contributed by atoms with van der Waals surface area (Å²) in [6.07, 6.45) is 1.77. The molecule has 0 radical (unpaired) electrons. The summed E-state index contributed by atoms with van der Waals surface area (Å²) in [7, 11) is 0. The first-order chi connectivity index (χ1) is 10.7. The lowest BCUT2D eigenvalue weighted by molar-refractivity contribution is 0.324. The van der Waals surface area contributed by atoms with Crippen molar-refractivity contribution in [3.05, 3.63) is 36.0 Å². The van der Waals surface area contributed by atoms with Gasteiger partial charge in [0.1, 0.15) is 0 Å². The van der Waals surface area contributed by atoms with E-state index in [1.165, 1.54) is 0 Å². The van der Waals surface area contributed by atoms with E-state index < -0.39 is 0 Å². The van der Waals surface area contributed by atoms with E-state index in [2.05, 4.69) is 25.6 Å². The van der Waals surface area contributed by atoms with Crippen LogP contribution in [0.2, 0.25) is 0 Å². The molecule has 3 rings (SSSR count). The topological polar surface area (TPSA) is 103 Å². The van der Waals surface area contributed by atoms with Crippen LogP contribution < -0.4 is 10.5 Å². The summed E-state index contributed by atoms with van der Waals surface area (Å²) in [5.74, 6) is 1.14. The van der Waals surface area contributed by atoms with Crippen LogP contribution in [-0.2, 0) is 0 Å². The number of aryl methyl sites for hydroxylation is 1. The number of H-pyrrole nitrogens is 1. The lowest BCUT2D eigenvalue weighted by Gasteiger charge is -2.11. The van der Waals surface area contributed by atoms with Gasteiger partial charge in [0, 0.05) is 28.6 Å². The van der Waals surface area contributed by atoms with Crippen molar-refractivity contribution >= 4 is 5.69 Å². The first-order valence-corrected chi connectivity index (χ1v) is 6.92. The number of nitrogen functional groups attached to an aromatic ring is 1. The summed E-state index contributed by atoms with van der Waals surface area (Å²) >= 11 is 0. The zero-order chi connectivity index (χ0) is 15.5. The Bertz CT molecular complexity index is 785. The number of hydrogen-bond donors (Lipinski definition) is 2. The molecule has 0 saturated carbocycles. The molecule has 7 nitrogen and oxygen atoms in total. The number of nitrogens with one attached hydrogen (secondary N) is 1. The van der Waals surface area contributed by atoms with E-state index in [4.69, 9.17) is 10.5 Å². The van der Waals surface area contributed by atoms with E-state index in [0.29, 0.717) is 24.0 Å². The first kappa shape index (κ1) is 14.0. The summed E-state index contributed by atoms with van der Waals surface area (Å²) in [5, 5.41) is 14.1. The molecule has 112 valence electrons. The molecule has 0 unspecified atom stereocenters. The standard InChI is InChI=1S/C15H16N6O/c1-3-22-15-9(2)6-10(8-17-15)12-5-4-11(16)7-13(12)14-18-20-21-19-14/h4-8H,3,16H2,1-2H3,(H,18,19,20,21). The third-order valence-corrected chi connectivity index (χ3v) is 3.25. The highest BCUT2D eigenvalue weighted by molar-refractivity contribution is 5.82. The van der Waals surface area contributed by atoms with Crippen LogP contribution in [0.15, 0.2) is 30.5 Å². The largest absolute Gasteiger partial charge is 0.478 e. The van der Waals surface area contributed by atoms with Gasteiger partial charge in [-0.1, -0.05) is 6.07 Å². The molecule has 0 bridgehead atoms. The van der Waals surface area contributed by atoms with Gasteiger partial charge >= 0.3 is 0 Å². The Hall–Kier alpha value is -2.96. The highest BCUT2D eigenvalue weighted by Gasteiger charge is 2.13. The molecule has 0 aliphatic carbocycles. The Balaban J connectivity index is 2.11. The van der Waals surface area contributed by atoms with E-state index in [0.717, 1.165) is 22.3 Å². The number of aromatic nitrogens is 5. The van der Waals surface area contributed by atoms with Crippen molar-refractivity contribution in [2.45, 2.75) is 13.8 Å². The van der Waals surface area contributed by atoms with Gasteiger partial charge in [-0.3, -0.25) is 0 Å². The number of rotatable bonds is 4. The van der Waals surface area contributed by atoms with Crippen molar-refractivity contribution in [1.29, 1.82) is 0 Å². The van der Waals surface area contributed by atoms with Crippen LogP contribution in [0.3, 0.4) is 0 Å². The molecular formula is C15H16N6O. The number of aromatic amines is 1. The van der Waals surface area contributed by atoms with Gasteiger partial charge in [0.25, 0.3) is 0 Å². The molecule has 3 N–H and O–H groups in total. The van der Waals surface area contributed by atoms with E-state index in [-0.39, 0.29) is 0 Å². The molecule has 2 heterocycles. The maximum atomic E-state index is 5.88. The molecule has 0 fully saturated rings. The number of pyridine rings is 1. The fourth-order valence-corrected chi connectivity index (χ4v) is 2.27. The molecule has 22 heavy (non-hydrogen) atoms. The van der Waals surface area contributed by atoms with Gasteiger partial charge < -0.3 is 10.5 Å². The van der Waals surface area contributed by atoms with Crippen molar-refractivity contribution in [1.82, 2.24) is 25.6 Å². The van der Waals surface area contributed by atoms with E-state index in [9.17, 15) is 0 Å². The Kier molecular flexibility index (Phi) is 3.69. The lowest BCUT2D eigenvalue weighted by Crippen LogP contribution is -1.98. The minimum Gasteiger partial charge on any atom is -0.478 e. The molecule has 0 saturated heterocycles. The number of benzene rings is 1. The molecule has 1 aromatic carbocycles. The minimum absolute atomic E-state index is 0.494. The van der Waals surface area contributed by atoms with Crippen LogP contribution in [0.5, 0.6) is 5.88 Å². The van der Waals surface area contributed by atoms with Gasteiger partial charge in [-0.2, -0.15) is 5.21 Å². The number of ether oxygens (including phenoxy) is 1. The average molecular weight is 296 g/mol. The quantitative estimate of drug-likeness (QED) is 0.716. The molecule has 3 aromatic rings. The average Bonchev–Trinajstić information content (AvgIpc) is 3.04. The second kappa shape index (κ2) is 5.80. The molecule has 2 aromatic heterocycles. The van der Waals surface area contributed by atoms with Crippen molar-refractivity contribution in [2.24, 2.45) is 0 Å². The van der Waals surface area contributed by atoms with Crippen LogP contribution >= 0.6 is 0 Å². The number of nitrogens with zero attached hydrogens (tertiary/aromatic N) is 4. The van der Waals surface area contributed by atoms with E-state index in [1.807, 2.05) is 38.1 Å². The van der Waals surface area contributed by atoms with Crippen molar-refractivity contribution in [3.63, 3.8) is 0 Å². The number of hydrogen-bond acceptors (Lipinski definition) is 6. The van der Waals surface area contributed by atoms with Crippen molar-refractivity contribution < 1.29 is 4.74 Å². The number of anilines is 1. The third kappa shape index (κ3) is 2.60. The molecule has 0 amide bonds. The van der Waals surface area contributed by atoms with Crippen LogP contribution in [0, 0.1) is 6.92 Å². The van der Waals surface area contributed by atoms with Crippen LogP contribution in [0.4, 0.5) is 5.69 Å². The van der Waals surface area contributed by atoms with Crippen LogP contribution in [0.1, 0.15) is 12.5 Å². The van der Waals surface area contributed by atoms with E-state index in [1.54, 1.807) is 6.20 Å². The summed E-state index contributed by atoms with van der Waals surface area (Å²) in [6, 6.07) is 7.61. The summed E-state index contributed by atoms with van der Waals surface area (Å²) in [5.41, 5.74) is 10.2. The smallest absolute Gasteiger partial charge is 0.216 e. The number of tetrazole rings is 1. The van der Waals surface area contributed by atoms with Gasteiger partial charge in [0.05, 0.1) is 6.61 Å². The summed E-state index contributed by atoms with van der Waals surface area (Å²) in [4.78, 5) is 4.37. The monoisotopic (exact) mass is 296 g/mol. The van der Waals surface area contributed by atoms with Gasteiger partial charge in [-0.15, -0.1) is 10.2 Å².